The molecule has 1 heterocycles. The summed E-state index contributed by atoms with van der Waals surface area (Å²) in [6.07, 6.45) is 0.912. The zero-order chi connectivity index (χ0) is 15.4. The lowest BCUT2D eigenvalue weighted by molar-refractivity contribution is -0.118. The Labute approximate surface area is 127 Å². The summed E-state index contributed by atoms with van der Waals surface area (Å²) in [6, 6.07) is 17.1. The largest absolute Gasteiger partial charge is 0.493 e. The third kappa shape index (κ3) is 3.03. The van der Waals surface area contributed by atoms with Crippen LogP contribution in [0.4, 0.5) is 5.69 Å². The summed E-state index contributed by atoms with van der Waals surface area (Å²) in [5.41, 5.74) is 2.13. The molecule has 0 aliphatic carbocycles. The molecule has 0 bridgehead atoms. The van der Waals surface area contributed by atoms with Crippen LogP contribution in [0.5, 0.6) is 5.88 Å². The number of para-hydroxylation sites is 1. The first kappa shape index (κ1) is 14.0. The van der Waals surface area contributed by atoms with Crippen molar-refractivity contribution in [3.63, 3.8) is 0 Å². The van der Waals surface area contributed by atoms with Crippen molar-refractivity contribution in [2.24, 2.45) is 10.2 Å². The average molecular weight is 293 g/mol. The van der Waals surface area contributed by atoms with Crippen molar-refractivity contribution in [3.8, 4) is 5.88 Å². The number of rotatable bonds is 4. The van der Waals surface area contributed by atoms with Crippen molar-refractivity contribution in [3.05, 3.63) is 60.2 Å². The summed E-state index contributed by atoms with van der Waals surface area (Å²) in [5, 5.41) is 18.2. The number of aromatic hydroxyl groups is 1. The summed E-state index contributed by atoms with van der Waals surface area (Å²) >= 11 is 0. The van der Waals surface area contributed by atoms with Crippen LogP contribution in [0.2, 0.25) is 0 Å². The number of nitrogens with zero attached hydrogens (tertiary/aromatic N) is 2. The molecule has 0 aliphatic rings. The maximum Gasteiger partial charge on any atom is 0.265 e. The number of amides is 1. The van der Waals surface area contributed by atoms with Crippen molar-refractivity contribution in [2.75, 3.05) is 0 Å². The number of carbonyl (C=O) groups is 1. The third-order valence-corrected chi connectivity index (χ3v) is 3.39. The van der Waals surface area contributed by atoms with Crippen LogP contribution >= 0.6 is 0 Å². The molecule has 5 heteroatoms. The molecular formula is C17H15N3O2. The Morgan fingerprint density at radius 3 is 2.59 bits per heavy atom. The fraction of sp³-hybridized carbons (Fsp3) is 0.118. The fourth-order valence-electron chi connectivity index (χ4n) is 2.27. The van der Waals surface area contributed by atoms with E-state index in [1.807, 2.05) is 54.6 Å². The van der Waals surface area contributed by atoms with Crippen molar-refractivity contribution in [1.82, 2.24) is 4.98 Å². The summed E-state index contributed by atoms with van der Waals surface area (Å²) in [5.74, 6) is -0.394. The number of aromatic amines is 1. The topological polar surface area (TPSA) is 77.8 Å². The molecule has 0 aliphatic heterocycles. The first-order valence-corrected chi connectivity index (χ1v) is 7.02. The Balaban J connectivity index is 1.70. The van der Waals surface area contributed by atoms with E-state index in [0.29, 0.717) is 12.1 Å². The monoisotopic (exact) mass is 293 g/mol. The van der Waals surface area contributed by atoms with Gasteiger partial charge in [-0.05, 0) is 18.1 Å². The van der Waals surface area contributed by atoms with E-state index in [1.54, 1.807) is 0 Å². The van der Waals surface area contributed by atoms with Gasteiger partial charge < -0.3 is 10.1 Å². The van der Waals surface area contributed by atoms with Crippen molar-refractivity contribution < 1.29 is 9.90 Å². The molecule has 0 unspecified atom stereocenters. The highest BCUT2D eigenvalue weighted by Gasteiger charge is 2.10. The highest BCUT2D eigenvalue weighted by atomic mass is 16.3. The number of hydrogen-bond acceptors (Lipinski definition) is 3. The van der Waals surface area contributed by atoms with Crippen LogP contribution in [0.1, 0.15) is 12.0 Å². The van der Waals surface area contributed by atoms with Gasteiger partial charge in [-0.2, -0.15) is 0 Å². The number of aromatic nitrogens is 1. The van der Waals surface area contributed by atoms with Gasteiger partial charge in [-0.3, -0.25) is 4.79 Å². The number of aryl methyl sites for hydroxylation is 1. The van der Waals surface area contributed by atoms with Gasteiger partial charge in [-0.25, -0.2) is 0 Å². The van der Waals surface area contributed by atoms with Crippen molar-refractivity contribution >= 4 is 22.5 Å². The second-order valence-electron chi connectivity index (χ2n) is 4.95. The minimum absolute atomic E-state index is 0.0826. The van der Waals surface area contributed by atoms with Crippen LogP contribution in [-0.2, 0) is 11.2 Å². The number of nitrogens with one attached hydrogen (secondary N) is 1. The van der Waals surface area contributed by atoms with Crippen molar-refractivity contribution in [2.45, 2.75) is 12.8 Å². The molecule has 3 aromatic rings. The van der Waals surface area contributed by atoms with Gasteiger partial charge >= 0.3 is 0 Å². The quantitative estimate of drug-likeness (QED) is 0.710. The van der Waals surface area contributed by atoms with Gasteiger partial charge in [0.25, 0.3) is 5.91 Å². The van der Waals surface area contributed by atoms with Crippen LogP contribution in [-0.4, -0.2) is 16.0 Å². The Hall–Kier alpha value is -2.95. The van der Waals surface area contributed by atoms with Crippen LogP contribution in [0, 0.1) is 0 Å². The molecule has 1 aromatic heterocycles. The average Bonchev–Trinajstić information content (AvgIpc) is 2.87. The number of hydrogen-bond donors (Lipinski definition) is 2. The van der Waals surface area contributed by atoms with E-state index in [0.717, 1.165) is 16.5 Å². The van der Waals surface area contributed by atoms with Gasteiger partial charge in [0.1, 0.15) is 0 Å². The van der Waals surface area contributed by atoms with Gasteiger partial charge in [0.2, 0.25) is 5.88 Å². The van der Waals surface area contributed by atoms with Gasteiger partial charge in [0, 0.05) is 11.8 Å². The Morgan fingerprint density at radius 1 is 1.05 bits per heavy atom. The Kier molecular flexibility index (Phi) is 3.96. The summed E-state index contributed by atoms with van der Waals surface area (Å²) in [7, 11) is 0. The standard InChI is InChI=1S/C17H15N3O2/c21-15(11-10-12-6-2-1-3-7-12)19-20-16-13-8-4-5-9-14(13)18-17(16)22/h1-9,18,22H,10-11H2. The van der Waals surface area contributed by atoms with E-state index in [9.17, 15) is 9.90 Å². The number of fused-ring (bicyclic) bond motifs is 1. The molecule has 1 amide bonds. The summed E-state index contributed by atoms with van der Waals surface area (Å²) < 4.78 is 0. The first-order valence-electron chi connectivity index (χ1n) is 7.02. The fourth-order valence-corrected chi connectivity index (χ4v) is 2.27. The molecule has 0 spiro atoms. The molecule has 5 nitrogen and oxygen atoms in total. The lowest BCUT2D eigenvalue weighted by atomic mass is 10.1. The highest BCUT2D eigenvalue weighted by molar-refractivity contribution is 5.94. The van der Waals surface area contributed by atoms with E-state index < -0.39 is 0 Å². The number of carbonyl (C=O) groups excluding carboxylic acids is 1. The predicted molar refractivity (Wildman–Crippen MR) is 84.2 cm³/mol. The molecule has 0 radical (unpaired) electrons. The second kappa shape index (κ2) is 6.22. The van der Waals surface area contributed by atoms with E-state index in [-0.39, 0.29) is 18.2 Å². The molecule has 110 valence electrons. The van der Waals surface area contributed by atoms with Gasteiger partial charge in [0.15, 0.2) is 5.69 Å². The van der Waals surface area contributed by atoms with E-state index in [4.69, 9.17) is 0 Å². The van der Waals surface area contributed by atoms with Gasteiger partial charge in [-0.15, -0.1) is 10.2 Å². The summed E-state index contributed by atoms with van der Waals surface area (Å²) in [6.45, 7) is 0. The van der Waals surface area contributed by atoms with Crippen LogP contribution in [0.25, 0.3) is 10.9 Å². The van der Waals surface area contributed by atoms with E-state index in [1.165, 1.54) is 0 Å². The third-order valence-electron chi connectivity index (χ3n) is 3.39. The Morgan fingerprint density at radius 2 is 1.77 bits per heavy atom. The number of H-pyrrole nitrogens is 1. The molecule has 2 aromatic carbocycles. The molecule has 0 saturated heterocycles. The molecule has 0 saturated carbocycles. The van der Waals surface area contributed by atoms with Crippen LogP contribution in [0.3, 0.4) is 0 Å². The lowest BCUT2D eigenvalue weighted by Gasteiger charge is -1.97. The molecule has 0 fully saturated rings. The summed E-state index contributed by atoms with van der Waals surface area (Å²) in [4.78, 5) is 14.6. The maximum atomic E-state index is 11.8. The maximum absolute atomic E-state index is 11.8. The molecule has 0 atom stereocenters. The zero-order valence-electron chi connectivity index (χ0n) is 11.9. The van der Waals surface area contributed by atoms with E-state index in [2.05, 4.69) is 15.2 Å². The second-order valence-corrected chi connectivity index (χ2v) is 4.95. The molecule has 3 rings (SSSR count). The predicted octanol–water partition coefficient (Wildman–Crippen LogP) is 4.12. The minimum atomic E-state index is -0.312. The number of benzene rings is 2. The molecule has 22 heavy (non-hydrogen) atoms. The highest BCUT2D eigenvalue weighted by Crippen LogP contribution is 2.35. The minimum Gasteiger partial charge on any atom is -0.493 e. The lowest BCUT2D eigenvalue weighted by Crippen LogP contribution is -1.95. The Bertz CT molecular complexity index is 822. The molecular weight excluding hydrogens is 278 g/mol. The van der Waals surface area contributed by atoms with Crippen LogP contribution < -0.4 is 0 Å². The smallest absolute Gasteiger partial charge is 0.265 e. The van der Waals surface area contributed by atoms with Gasteiger partial charge in [0.05, 0.1) is 5.52 Å². The SMILES string of the molecule is O=C(CCc1ccccc1)N=Nc1c(O)[nH]c2ccccc12. The zero-order valence-corrected chi connectivity index (χ0v) is 11.9. The first-order chi connectivity index (χ1) is 10.7. The van der Waals surface area contributed by atoms with E-state index >= 15 is 0 Å². The van der Waals surface area contributed by atoms with Crippen molar-refractivity contribution in [1.29, 1.82) is 0 Å². The van der Waals surface area contributed by atoms with Crippen LogP contribution in [0.15, 0.2) is 64.8 Å². The molecule has 2 N–H and O–H groups in total. The number of azo groups is 1. The van der Waals surface area contributed by atoms with Gasteiger partial charge in [-0.1, -0.05) is 48.5 Å². The normalized spacial score (nSPS) is 11.3.